The predicted octanol–water partition coefficient (Wildman–Crippen LogP) is 1.51. The van der Waals surface area contributed by atoms with Crippen LogP contribution in [0.15, 0.2) is 18.2 Å². The molecule has 2 rings (SSSR count). The van der Waals surface area contributed by atoms with Crippen LogP contribution in [-0.2, 0) is 0 Å². The molecule has 7 heteroatoms. The van der Waals surface area contributed by atoms with Gasteiger partial charge in [-0.3, -0.25) is 14.9 Å². The lowest BCUT2D eigenvalue weighted by Crippen LogP contribution is -2.29. The molecule has 1 atom stereocenters. The summed E-state index contributed by atoms with van der Waals surface area (Å²) in [6, 6.07) is 4.70. The Morgan fingerprint density at radius 2 is 2.33 bits per heavy atom. The zero-order valence-corrected chi connectivity index (χ0v) is 12.0. The molecule has 1 amide bonds. The van der Waals surface area contributed by atoms with E-state index in [0.29, 0.717) is 30.4 Å². The Kier molecular flexibility index (Phi) is 5.10. The molecule has 1 unspecified atom stereocenters. The lowest BCUT2D eigenvalue weighted by molar-refractivity contribution is -0.384. The molecule has 7 nitrogen and oxygen atoms in total. The summed E-state index contributed by atoms with van der Waals surface area (Å²) in [5.74, 6) is -0.227. The number of benzene rings is 1. The average molecular weight is 292 g/mol. The Morgan fingerprint density at radius 3 is 2.95 bits per heavy atom. The molecule has 1 saturated heterocycles. The summed E-state index contributed by atoms with van der Waals surface area (Å²) in [5.41, 5.74) is 0.794. The van der Waals surface area contributed by atoms with Crippen LogP contribution in [0.3, 0.4) is 0 Å². The maximum absolute atomic E-state index is 11.8. The van der Waals surface area contributed by atoms with Gasteiger partial charge in [-0.15, -0.1) is 0 Å². The van der Waals surface area contributed by atoms with Crippen molar-refractivity contribution in [3.05, 3.63) is 33.9 Å². The molecule has 1 aliphatic heterocycles. The maximum Gasteiger partial charge on any atom is 0.292 e. The largest absolute Gasteiger partial charge is 0.378 e. The number of hydrogen-bond donors (Lipinski definition) is 3. The van der Waals surface area contributed by atoms with E-state index >= 15 is 0 Å². The van der Waals surface area contributed by atoms with E-state index in [-0.39, 0.29) is 11.6 Å². The predicted molar refractivity (Wildman–Crippen MR) is 80.6 cm³/mol. The normalized spacial score (nSPS) is 17.5. The SMILES string of the molecule is CCNC(=O)c1ccc([N+](=O)[O-])c(NCC2CCCN2)c1. The average Bonchev–Trinajstić information content (AvgIpc) is 2.98. The van der Waals surface area contributed by atoms with E-state index in [4.69, 9.17) is 0 Å². The second-order valence-electron chi connectivity index (χ2n) is 5.02. The highest BCUT2D eigenvalue weighted by Gasteiger charge is 2.19. The minimum absolute atomic E-state index is 0.0129. The third-order valence-electron chi connectivity index (χ3n) is 3.49. The summed E-state index contributed by atoms with van der Waals surface area (Å²) >= 11 is 0. The molecule has 1 aromatic carbocycles. The van der Waals surface area contributed by atoms with Gasteiger partial charge < -0.3 is 16.0 Å². The number of nitro benzene ring substituents is 1. The summed E-state index contributed by atoms with van der Waals surface area (Å²) < 4.78 is 0. The van der Waals surface area contributed by atoms with Crippen molar-refractivity contribution in [3.8, 4) is 0 Å². The topological polar surface area (TPSA) is 96.3 Å². The van der Waals surface area contributed by atoms with Crippen molar-refractivity contribution in [3.63, 3.8) is 0 Å². The fourth-order valence-electron chi connectivity index (χ4n) is 2.40. The van der Waals surface area contributed by atoms with Crippen LogP contribution in [0, 0.1) is 10.1 Å². The standard InChI is InChI=1S/C14H20N4O3/c1-2-15-14(19)10-5-6-13(18(20)21)12(8-10)17-9-11-4-3-7-16-11/h5-6,8,11,16-17H,2-4,7,9H2,1H3,(H,15,19). The number of nitrogens with zero attached hydrogens (tertiary/aromatic N) is 1. The van der Waals surface area contributed by atoms with Gasteiger partial charge in [0.25, 0.3) is 11.6 Å². The van der Waals surface area contributed by atoms with Gasteiger partial charge in [-0.2, -0.15) is 0 Å². The number of nitrogens with one attached hydrogen (secondary N) is 3. The van der Waals surface area contributed by atoms with Crippen molar-refractivity contribution in [2.75, 3.05) is 25.0 Å². The van der Waals surface area contributed by atoms with Gasteiger partial charge in [-0.05, 0) is 38.4 Å². The van der Waals surface area contributed by atoms with E-state index in [1.807, 2.05) is 6.92 Å². The van der Waals surface area contributed by atoms with Crippen molar-refractivity contribution >= 4 is 17.3 Å². The first-order valence-electron chi connectivity index (χ1n) is 7.15. The van der Waals surface area contributed by atoms with Crippen LogP contribution in [0.2, 0.25) is 0 Å². The molecular formula is C14H20N4O3. The van der Waals surface area contributed by atoms with E-state index in [2.05, 4.69) is 16.0 Å². The first kappa shape index (κ1) is 15.2. The van der Waals surface area contributed by atoms with Crippen LogP contribution in [0.4, 0.5) is 11.4 Å². The molecular weight excluding hydrogens is 272 g/mol. The van der Waals surface area contributed by atoms with E-state index in [1.54, 1.807) is 0 Å². The molecule has 114 valence electrons. The number of anilines is 1. The molecule has 0 saturated carbocycles. The molecule has 0 spiro atoms. The highest BCUT2D eigenvalue weighted by Crippen LogP contribution is 2.25. The quantitative estimate of drug-likeness (QED) is 0.545. The number of carbonyl (C=O) groups excluding carboxylic acids is 1. The number of nitro groups is 1. The molecule has 0 aliphatic carbocycles. The van der Waals surface area contributed by atoms with Gasteiger partial charge >= 0.3 is 0 Å². The summed E-state index contributed by atoms with van der Waals surface area (Å²) in [7, 11) is 0. The zero-order chi connectivity index (χ0) is 15.2. The zero-order valence-electron chi connectivity index (χ0n) is 12.0. The first-order valence-corrected chi connectivity index (χ1v) is 7.15. The van der Waals surface area contributed by atoms with Crippen molar-refractivity contribution in [2.45, 2.75) is 25.8 Å². The lowest BCUT2D eigenvalue weighted by atomic mass is 10.1. The van der Waals surface area contributed by atoms with Crippen molar-refractivity contribution < 1.29 is 9.72 Å². The highest BCUT2D eigenvalue weighted by atomic mass is 16.6. The van der Waals surface area contributed by atoms with Gasteiger partial charge in [-0.25, -0.2) is 0 Å². The second-order valence-corrected chi connectivity index (χ2v) is 5.02. The van der Waals surface area contributed by atoms with Gasteiger partial charge in [0.1, 0.15) is 5.69 Å². The molecule has 0 radical (unpaired) electrons. The number of amides is 1. The van der Waals surface area contributed by atoms with Crippen LogP contribution in [0.25, 0.3) is 0 Å². The number of rotatable bonds is 6. The van der Waals surface area contributed by atoms with Crippen molar-refractivity contribution in [2.24, 2.45) is 0 Å². The summed E-state index contributed by atoms with van der Waals surface area (Å²) in [6.07, 6.45) is 2.17. The Bertz CT molecular complexity index is 527. The lowest BCUT2D eigenvalue weighted by Gasteiger charge is -2.13. The Morgan fingerprint density at radius 1 is 1.52 bits per heavy atom. The number of carbonyl (C=O) groups is 1. The first-order chi connectivity index (χ1) is 10.1. The van der Waals surface area contributed by atoms with Crippen molar-refractivity contribution in [1.82, 2.24) is 10.6 Å². The highest BCUT2D eigenvalue weighted by molar-refractivity contribution is 5.95. The fourth-order valence-corrected chi connectivity index (χ4v) is 2.40. The van der Waals surface area contributed by atoms with Gasteiger partial charge in [0.2, 0.25) is 0 Å². The van der Waals surface area contributed by atoms with Gasteiger partial charge in [0.15, 0.2) is 0 Å². The third-order valence-corrected chi connectivity index (χ3v) is 3.49. The Hall–Kier alpha value is -2.15. The van der Waals surface area contributed by atoms with Crippen LogP contribution in [-0.4, -0.2) is 36.5 Å². The Labute approximate surface area is 123 Å². The molecule has 21 heavy (non-hydrogen) atoms. The number of hydrogen-bond acceptors (Lipinski definition) is 5. The van der Waals surface area contributed by atoms with E-state index < -0.39 is 4.92 Å². The summed E-state index contributed by atoms with van der Waals surface area (Å²) in [5, 5.41) is 20.2. The van der Waals surface area contributed by atoms with Crippen LogP contribution < -0.4 is 16.0 Å². The minimum atomic E-state index is -0.439. The molecule has 1 heterocycles. The third kappa shape index (κ3) is 3.91. The van der Waals surface area contributed by atoms with Crippen LogP contribution in [0.1, 0.15) is 30.1 Å². The van der Waals surface area contributed by atoms with Crippen LogP contribution >= 0.6 is 0 Å². The van der Waals surface area contributed by atoms with E-state index in [9.17, 15) is 14.9 Å². The van der Waals surface area contributed by atoms with Gasteiger partial charge in [-0.1, -0.05) is 0 Å². The fraction of sp³-hybridized carbons (Fsp3) is 0.500. The maximum atomic E-state index is 11.8. The van der Waals surface area contributed by atoms with Crippen molar-refractivity contribution in [1.29, 1.82) is 0 Å². The summed E-state index contributed by atoms with van der Waals surface area (Å²) in [4.78, 5) is 22.5. The second kappa shape index (κ2) is 7.03. The smallest absolute Gasteiger partial charge is 0.292 e. The minimum Gasteiger partial charge on any atom is -0.378 e. The molecule has 0 bridgehead atoms. The summed E-state index contributed by atoms with van der Waals surface area (Å²) in [6.45, 7) is 3.94. The monoisotopic (exact) mass is 292 g/mol. The van der Waals surface area contributed by atoms with E-state index in [0.717, 1.165) is 19.4 Å². The van der Waals surface area contributed by atoms with E-state index in [1.165, 1.54) is 18.2 Å². The molecule has 0 aromatic heterocycles. The van der Waals surface area contributed by atoms with Gasteiger partial charge in [0.05, 0.1) is 4.92 Å². The molecule has 1 aromatic rings. The Balaban J connectivity index is 2.15. The van der Waals surface area contributed by atoms with Crippen LogP contribution in [0.5, 0.6) is 0 Å². The molecule has 1 aliphatic rings. The molecule has 1 fully saturated rings. The molecule has 3 N–H and O–H groups in total. The van der Waals surface area contributed by atoms with Gasteiger partial charge in [0, 0.05) is 30.8 Å².